The van der Waals surface area contributed by atoms with Crippen LogP contribution in [0.1, 0.15) is 15.9 Å². The molecule has 0 radical (unpaired) electrons. The molecule has 6 nitrogen and oxygen atoms in total. The summed E-state index contributed by atoms with van der Waals surface area (Å²) in [5, 5.41) is 12.6. The van der Waals surface area contributed by atoms with Crippen molar-refractivity contribution in [3.8, 4) is 16.9 Å². The van der Waals surface area contributed by atoms with Crippen LogP contribution in [0.2, 0.25) is 0 Å². The molecule has 1 amide bonds. The summed E-state index contributed by atoms with van der Waals surface area (Å²) in [7, 11) is -0.427. The lowest BCUT2D eigenvalue weighted by molar-refractivity contribution is 0.0956. The average Bonchev–Trinajstić information content (AvgIpc) is 2.57. The highest BCUT2D eigenvalue weighted by atomic mass is 32.2. The standard InChI is InChI=1S/C18H22N2O4S/c1-13-4-9-17(21)16(12-13)14-5-7-15(8-6-14)18(22)19-10-11-25(23,24)20(2)3/h4-9,12,21H,10-11H2,1-3H3,(H,19,22). The minimum atomic E-state index is -3.34. The van der Waals surface area contributed by atoms with Crippen LogP contribution in [0.3, 0.4) is 0 Å². The number of benzene rings is 2. The Bertz CT molecular complexity index is 859. The van der Waals surface area contributed by atoms with E-state index in [-0.39, 0.29) is 24.0 Å². The molecule has 0 aliphatic heterocycles. The Morgan fingerprint density at radius 3 is 2.36 bits per heavy atom. The largest absolute Gasteiger partial charge is 0.507 e. The van der Waals surface area contributed by atoms with Crippen LogP contribution < -0.4 is 5.32 Å². The van der Waals surface area contributed by atoms with Crippen molar-refractivity contribution >= 4 is 15.9 Å². The van der Waals surface area contributed by atoms with E-state index in [2.05, 4.69) is 5.32 Å². The van der Waals surface area contributed by atoms with Crippen LogP contribution in [0.5, 0.6) is 5.75 Å². The monoisotopic (exact) mass is 362 g/mol. The molecule has 2 N–H and O–H groups in total. The number of carbonyl (C=O) groups is 1. The minimum absolute atomic E-state index is 0.0414. The molecule has 25 heavy (non-hydrogen) atoms. The molecule has 0 heterocycles. The average molecular weight is 362 g/mol. The van der Waals surface area contributed by atoms with Crippen molar-refractivity contribution in [3.63, 3.8) is 0 Å². The summed E-state index contributed by atoms with van der Waals surface area (Å²) in [4.78, 5) is 12.1. The molecular weight excluding hydrogens is 340 g/mol. The summed E-state index contributed by atoms with van der Waals surface area (Å²) in [5.74, 6) is -0.313. The SMILES string of the molecule is Cc1ccc(O)c(-c2ccc(C(=O)NCCS(=O)(=O)N(C)C)cc2)c1. The van der Waals surface area contributed by atoms with E-state index in [0.29, 0.717) is 11.1 Å². The van der Waals surface area contributed by atoms with E-state index in [9.17, 15) is 18.3 Å². The summed E-state index contributed by atoms with van der Waals surface area (Å²) < 4.78 is 24.4. The van der Waals surface area contributed by atoms with E-state index in [0.717, 1.165) is 15.4 Å². The van der Waals surface area contributed by atoms with Gasteiger partial charge >= 0.3 is 0 Å². The fraction of sp³-hybridized carbons (Fsp3) is 0.278. The second-order valence-electron chi connectivity index (χ2n) is 5.95. The number of carbonyl (C=O) groups excluding carboxylic acids is 1. The number of rotatable bonds is 6. The maximum absolute atomic E-state index is 12.1. The number of sulfonamides is 1. The van der Waals surface area contributed by atoms with Crippen LogP contribution in [-0.4, -0.2) is 50.1 Å². The number of hydrogen-bond donors (Lipinski definition) is 2. The summed E-state index contributed by atoms with van der Waals surface area (Å²) in [6, 6.07) is 12.1. The summed E-state index contributed by atoms with van der Waals surface area (Å²) in [5.41, 5.74) is 2.95. The molecule has 0 atom stereocenters. The lowest BCUT2D eigenvalue weighted by Gasteiger charge is -2.12. The number of phenolic OH excluding ortho intramolecular Hbond substituents is 1. The Kier molecular flexibility index (Phi) is 5.81. The van der Waals surface area contributed by atoms with Gasteiger partial charge in [0.15, 0.2) is 0 Å². The number of aryl methyl sites for hydroxylation is 1. The number of aromatic hydroxyl groups is 1. The van der Waals surface area contributed by atoms with Gasteiger partial charge in [0.25, 0.3) is 5.91 Å². The number of amides is 1. The summed E-state index contributed by atoms with van der Waals surface area (Å²) in [6.07, 6.45) is 0. The third kappa shape index (κ3) is 4.80. The van der Waals surface area contributed by atoms with Gasteiger partial charge in [-0.15, -0.1) is 0 Å². The Labute approximate surface area is 148 Å². The molecule has 0 spiro atoms. The Morgan fingerprint density at radius 1 is 1.12 bits per heavy atom. The first-order valence-electron chi connectivity index (χ1n) is 7.79. The number of nitrogens with zero attached hydrogens (tertiary/aromatic N) is 1. The molecule has 0 fully saturated rings. The van der Waals surface area contributed by atoms with E-state index < -0.39 is 10.0 Å². The van der Waals surface area contributed by atoms with Crippen molar-refractivity contribution in [2.24, 2.45) is 0 Å². The van der Waals surface area contributed by atoms with Crippen LogP contribution in [0.25, 0.3) is 11.1 Å². The summed E-state index contributed by atoms with van der Waals surface area (Å²) >= 11 is 0. The highest BCUT2D eigenvalue weighted by Crippen LogP contribution is 2.29. The molecule has 134 valence electrons. The lowest BCUT2D eigenvalue weighted by atomic mass is 10.0. The van der Waals surface area contributed by atoms with E-state index in [1.165, 1.54) is 14.1 Å². The first kappa shape index (κ1) is 19.0. The predicted molar refractivity (Wildman–Crippen MR) is 98.1 cm³/mol. The molecule has 0 saturated heterocycles. The van der Waals surface area contributed by atoms with Crippen molar-refractivity contribution in [2.75, 3.05) is 26.4 Å². The highest BCUT2D eigenvalue weighted by Gasteiger charge is 2.14. The van der Waals surface area contributed by atoms with Gasteiger partial charge in [-0.1, -0.05) is 23.8 Å². The van der Waals surface area contributed by atoms with Crippen LogP contribution in [0, 0.1) is 6.92 Å². The molecule has 0 aliphatic carbocycles. The molecule has 0 unspecified atom stereocenters. The van der Waals surface area contributed by atoms with Crippen LogP contribution in [0.4, 0.5) is 0 Å². The van der Waals surface area contributed by atoms with Crippen LogP contribution in [0.15, 0.2) is 42.5 Å². The molecular formula is C18H22N2O4S. The third-order valence-electron chi connectivity index (χ3n) is 3.81. The van der Waals surface area contributed by atoms with E-state index >= 15 is 0 Å². The van der Waals surface area contributed by atoms with Gasteiger partial charge in [0, 0.05) is 31.8 Å². The molecule has 2 aromatic rings. The smallest absolute Gasteiger partial charge is 0.251 e. The van der Waals surface area contributed by atoms with Gasteiger partial charge in [-0.2, -0.15) is 0 Å². The first-order valence-corrected chi connectivity index (χ1v) is 9.40. The fourth-order valence-corrected chi connectivity index (χ4v) is 2.99. The van der Waals surface area contributed by atoms with Crippen molar-refractivity contribution in [2.45, 2.75) is 6.92 Å². The van der Waals surface area contributed by atoms with E-state index in [4.69, 9.17) is 0 Å². The van der Waals surface area contributed by atoms with Crippen molar-refractivity contribution in [3.05, 3.63) is 53.6 Å². The van der Waals surface area contributed by atoms with Gasteiger partial charge < -0.3 is 10.4 Å². The third-order valence-corrected chi connectivity index (χ3v) is 5.64. The lowest BCUT2D eigenvalue weighted by Crippen LogP contribution is -2.33. The van der Waals surface area contributed by atoms with Gasteiger partial charge in [0.05, 0.1) is 5.75 Å². The van der Waals surface area contributed by atoms with Gasteiger partial charge in [-0.3, -0.25) is 4.79 Å². The zero-order chi connectivity index (χ0) is 18.6. The van der Waals surface area contributed by atoms with E-state index in [1.54, 1.807) is 30.3 Å². The quantitative estimate of drug-likeness (QED) is 0.823. The second kappa shape index (κ2) is 7.67. The highest BCUT2D eigenvalue weighted by molar-refractivity contribution is 7.89. The number of phenols is 1. The molecule has 0 bridgehead atoms. The van der Waals surface area contributed by atoms with Crippen LogP contribution >= 0.6 is 0 Å². The summed E-state index contributed by atoms with van der Waals surface area (Å²) in [6.45, 7) is 1.98. The fourth-order valence-electron chi connectivity index (χ4n) is 2.26. The number of nitrogens with one attached hydrogen (secondary N) is 1. The molecule has 2 aromatic carbocycles. The minimum Gasteiger partial charge on any atom is -0.507 e. The topological polar surface area (TPSA) is 86.7 Å². The molecule has 0 aliphatic rings. The molecule has 0 aromatic heterocycles. The van der Waals surface area contributed by atoms with Crippen molar-refractivity contribution < 1.29 is 18.3 Å². The van der Waals surface area contributed by atoms with Gasteiger partial charge in [-0.25, -0.2) is 12.7 Å². The van der Waals surface area contributed by atoms with Gasteiger partial charge in [0.2, 0.25) is 10.0 Å². The van der Waals surface area contributed by atoms with Gasteiger partial charge in [-0.05, 0) is 36.8 Å². The second-order valence-corrected chi connectivity index (χ2v) is 8.25. The normalized spacial score (nSPS) is 11.5. The maximum atomic E-state index is 12.1. The maximum Gasteiger partial charge on any atom is 0.251 e. The van der Waals surface area contributed by atoms with Gasteiger partial charge in [0.1, 0.15) is 5.75 Å². The number of hydrogen-bond acceptors (Lipinski definition) is 4. The first-order chi connectivity index (χ1) is 11.7. The van der Waals surface area contributed by atoms with Crippen molar-refractivity contribution in [1.82, 2.24) is 9.62 Å². The van der Waals surface area contributed by atoms with Crippen molar-refractivity contribution in [1.29, 1.82) is 0 Å². The predicted octanol–water partition coefficient (Wildman–Crippen LogP) is 1.99. The zero-order valence-electron chi connectivity index (χ0n) is 14.5. The Balaban J connectivity index is 2.04. The Morgan fingerprint density at radius 2 is 1.76 bits per heavy atom. The molecule has 2 rings (SSSR count). The van der Waals surface area contributed by atoms with E-state index in [1.807, 2.05) is 19.1 Å². The molecule has 0 saturated carbocycles. The Hall–Kier alpha value is -2.38. The molecule has 7 heteroatoms. The van der Waals surface area contributed by atoms with Crippen LogP contribution in [-0.2, 0) is 10.0 Å². The zero-order valence-corrected chi connectivity index (χ0v) is 15.3.